The fourth-order valence-corrected chi connectivity index (χ4v) is 10.0. The van der Waals surface area contributed by atoms with Gasteiger partial charge in [0.15, 0.2) is 0 Å². The van der Waals surface area contributed by atoms with Crippen molar-refractivity contribution in [3.05, 3.63) is 200 Å². The van der Waals surface area contributed by atoms with Crippen LogP contribution in [0.1, 0.15) is 0 Å². The third kappa shape index (κ3) is 4.30. The third-order valence-corrected chi connectivity index (χ3v) is 12.5. The molecule has 3 heterocycles. The first-order chi connectivity index (χ1) is 28.8. The molecule has 1 aliphatic carbocycles. The molecule has 0 N–H and O–H groups in total. The van der Waals surface area contributed by atoms with Crippen molar-refractivity contribution in [1.82, 2.24) is 14.1 Å². The van der Waals surface area contributed by atoms with E-state index >= 15 is 0 Å². The summed E-state index contributed by atoms with van der Waals surface area (Å²) in [4.78, 5) is 5.18. The van der Waals surface area contributed by atoms with Crippen molar-refractivity contribution in [3.63, 3.8) is 0 Å². The van der Waals surface area contributed by atoms with Crippen molar-refractivity contribution in [2.75, 3.05) is 0 Å². The van der Waals surface area contributed by atoms with Crippen LogP contribution in [0.3, 0.4) is 0 Å². The maximum Gasteiger partial charge on any atom is 0.0781 e. The number of hydrogen-bond donors (Lipinski definition) is 0. The molecule has 12 aromatic rings. The summed E-state index contributed by atoms with van der Waals surface area (Å²) in [6.45, 7) is 0. The molecule has 9 aromatic carbocycles. The molecule has 0 fully saturated rings. The minimum atomic E-state index is 1.00. The summed E-state index contributed by atoms with van der Waals surface area (Å²) in [6, 6.07) is 71.0. The Kier molecular flexibility index (Phi) is 6.44. The Morgan fingerprint density at radius 2 is 0.897 bits per heavy atom. The van der Waals surface area contributed by atoms with Crippen LogP contribution in [-0.4, -0.2) is 14.1 Å². The van der Waals surface area contributed by atoms with Gasteiger partial charge < -0.3 is 9.13 Å². The first kappa shape index (κ1) is 31.5. The minimum absolute atomic E-state index is 1.00. The van der Waals surface area contributed by atoms with Gasteiger partial charge >= 0.3 is 0 Å². The lowest BCUT2D eigenvalue weighted by Gasteiger charge is -2.14. The number of benzene rings is 9. The van der Waals surface area contributed by atoms with E-state index in [-0.39, 0.29) is 0 Å². The normalized spacial score (nSPS) is 12.1. The van der Waals surface area contributed by atoms with E-state index in [1.54, 1.807) is 0 Å². The van der Waals surface area contributed by atoms with Crippen molar-refractivity contribution >= 4 is 65.2 Å². The van der Waals surface area contributed by atoms with E-state index in [1.807, 2.05) is 0 Å². The first-order valence-electron chi connectivity index (χ1n) is 20.0. The Hall–Kier alpha value is -7.75. The second-order valence-electron chi connectivity index (χ2n) is 15.5. The number of fused-ring (bicyclic) bond motifs is 11. The summed E-state index contributed by atoms with van der Waals surface area (Å²) >= 11 is 0. The number of aromatic nitrogens is 3. The Morgan fingerprint density at radius 1 is 0.293 bits per heavy atom. The zero-order valence-corrected chi connectivity index (χ0v) is 31.4. The van der Waals surface area contributed by atoms with Gasteiger partial charge in [0.2, 0.25) is 0 Å². The smallest absolute Gasteiger partial charge is 0.0781 e. The zero-order chi connectivity index (χ0) is 37.9. The van der Waals surface area contributed by atoms with E-state index in [9.17, 15) is 0 Å². The highest BCUT2D eigenvalue weighted by Crippen LogP contribution is 2.49. The summed E-state index contributed by atoms with van der Waals surface area (Å²) in [7, 11) is 0. The quantitative estimate of drug-likeness (QED) is 0.176. The van der Waals surface area contributed by atoms with Gasteiger partial charge in [0.05, 0.1) is 27.8 Å². The maximum atomic E-state index is 5.18. The van der Waals surface area contributed by atoms with E-state index in [0.717, 1.165) is 22.6 Å². The monoisotopic (exact) mass is 735 g/mol. The first-order valence-corrected chi connectivity index (χ1v) is 20.0. The molecular weight excluding hydrogens is 703 g/mol. The predicted octanol–water partition coefficient (Wildman–Crippen LogP) is 14.6. The van der Waals surface area contributed by atoms with E-state index in [4.69, 9.17) is 4.98 Å². The van der Waals surface area contributed by atoms with Gasteiger partial charge in [0, 0.05) is 61.0 Å². The fourth-order valence-electron chi connectivity index (χ4n) is 10.0. The molecule has 0 unspecified atom stereocenters. The highest BCUT2D eigenvalue weighted by atomic mass is 15.0. The van der Waals surface area contributed by atoms with E-state index in [0.29, 0.717) is 0 Å². The van der Waals surface area contributed by atoms with Crippen LogP contribution in [0, 0.1) is 0 Å². The van der Waals surface area contributed by atoms with Gasteiger partial charge in [-0.05, 0) is 93.2 Å². The van der Waals surface area contributed by atoms with E-state index < -0.39 is 0 Å². The van der Waals surface area contributed by atoms with Crippen LogP contribution in [-0.2, 0) is 0 Å². The number of para-hydroxylation sites is 3. The molecule has 3 aromatic heterocycles. The van der Waals surface area contributed by atoms with Crippen LogP contribution < -0.4 is 0 Å². The van der Waals surface area contributed by atoms with Gasteiger partial charge in [0.25, 0.3) is 0 Å². The predicted molar refractivity (Wildman–Crippen MR) is 243 cm³/mol. The average molecular weight is 736 g/mol. The molecule has 0 atom stereocenters. The molecule has 0 spiro atoms. The van der Waals surface area contributed by atoms with Crippen molar-refractivity contribution in [1.29, 1.82) is 0 Å². The molecule has 268 valence electrons. The SMILES string of the molecule is c1ccc(-n2c3ccccc3c3cc(-c4cc5c(c6ccccc46)c4ccccc4n5-c4cccc(-c5ncc6c7c(cccc57)-c5ccccc5-6)c4)ccc32)cc1. The summed E-state index contributed by atoms with van der Waals surface area (Å²) < 4.78 is 4.84. The van der Waals surface area contributed by atoms with Gasteiger partial charge in [-0.1, -0.05) is 140 Å². The Bertz CT molecular complexity index is 3650. The largest absolute Gasteiger partial charge is 0.309 e. The second kappa shape index (κ2) is 11.9. The lowest BCUT2D eigenvalue weighted by molar-refractivity contribution is 1.18. The standard InChI is InChI=1S/C55H33N3/c1-2-15-36(16-3-1)57-49-26-10-8-21-41(49)47-31-34(28-29-51(47)57)46-32-52-54(43-22-7-6-20-40(43)46)44-23-9-11-27-50(44)58(52)37-17-12-14-35(30-37)55-45-25-13-24-42-38-18-4-5-19-39(38)48(33-56-55)53(42)45/h1-33H. The molecule has 0 saturated carbocycles. The van der Waals surface area contributed by atoms with Gasteiger partial charge in [-0.2, -0.15) is 0 Å². The van der Waals surface area contributed by atoms with Gasteiger partial charge in [-0.3, -0.25) is 4.98 Å². The van der Waals surface area contributed by atoms with Crippen LogP contribution in [0.2, 0.25) is 0 Å². The number of pyridine rings is 1. The lowest BCUT2D eigenvalue weighted by Crippen LogP contribution is -1.96. The fraction of sp³-hybridized carbons (Fsp3) is 0. The highest BCUT2D eigenvalue weighted by molar-refractivity contribution is 6.25. The molecule has 3 nitrogen and oxygen atoms in total. The van der Waals surface area contributed by atoms with Crippen molar-refractivity contribution in [2.24, 2.45) is 0 Å². The molecule has 0 radical (unpaired) electrons. The number of nitrogens with zero attached hydrogens (tertiary/aromatic N) is 3. The topological polar surface area (TPSA) is 22.8 Å². The van der Waals surface area contributed by atoms with E-state index in [1.165, 1.54) is 98.5 Å². The van der Waals surface area contributed by atoms with E-state index in [2.05, 4.69) is 209 Å². The second-order valence-corrected chi connectivity index (χ2v) is 15.5. The summed E-state index contributed by atoms with van der Waals surface area (Å²) in [5, 5.41) is 9.98. The Labute approximate surface area is 334 Å². The molecule has 0 amide bonds. The summed E-state index contributed by atoms with van der Waals surface area (Å²) in [5.74, 6) is 0. The van der Waals surface area contributed by atoms with Crippen LogP contribution in [0.4, 0.5) is 0 Å². The number of hydrogen-bond acceptors (Lipinski definition) is 1. The number of rotatable bonds is 4. The van der Waals surface area contributed by atoms with Crippen molar-refractivity contribution in [3.8, 4) is 56.0 Å². The van der Waals surface area contributed by atoms with Crippen molar-refractivity contribution < 1.29 is 0 Å². The molecular formula is C55H33N3. The average Bonchev–Trinajstić information content (AvgIpc) is 3.93. The van der Waals surface area contributed by atoms with Gasteiger partial charge in [0.1, 0.15) is 0 Å². The molecule has 0 aliphatic heterocycles. The molecule has 13 rings (SSSR count). The molecule has 3 heteroatoms. The highest BCUT2D eigenvalue weighted by Gasteiger charge is 2.24. The van der Waals surface area contributed by atoms with Crippen LogP contribution >= 0.6 is 0 Å². The van der Waals surface area contributed by atoms with Gasteiger partial charge in [-0.25, -0.2) is 0 Å². The van der Waals surface area contributed by atoms with Gasteiger partial charge in [-0.15, -0.1) is 0 Å². The molecule has 0 bridgehead atoms. The molecule has 0 saturated heterocycles. The summed E-state index contributed by atoms with van der Waals surface area (Å²) in [5.41, 5.74) is 16.6. The zero-order valence-electron chi connectivity index (χ0n) is 31.4. The molecule has 1 aliphatic rings. The van der Waals surface area contributed by atoms with Crippen LogP contribution in [0.15, 0.2) is 200 Å². The minimum Gasteiger partial charge on any atom is -0.309 e. The Balaban J connectivity index is 1.05. The Morgan fingerprint density at radius 3 is 1.74 bits per heavy atom. The van der Waals surface area contributed by atoms with Crippen molar-refractivity contribution in [2.45, 2.75) is 0 Å². The van der Waals surface area contributed by atoms with Crippen LogP contribution in [0.5, 0.6) is 0 Å². The lowest BCUT2D eigenvalue weighted by atomic mass is 9.94. The maximum absolute atomic E-state index is 5.18. The third-order valence-electron chi connectivity index (χ3n) is 12.5. The van der Waals surface area contributed by atoms with Crippen LogP contribution in [0.25, 0.3) is 121 Å². The summed E-state index contributed by atoms with van der Waals surface area (Å²) in [6.07, 6.45) is 2.08. The molecule has 58 heavy (non-hydrogen) atoms.